The Morgan fingerprint density at radius 3 is 2.58 bits per heavy atom. The summed E-state index contributed by atoms with van der Waals surface area (Å²) in [4.78, 5) is 8.43. The summed E-state index contributed by atoms with van der Waals surface area (Å²) in [6, 6.07) is 13.9. The predicted molar refractivity (Wildman–Crippen MR) is 86.5 cm³/mol. The highest BCUT2D eigenvalue weighted by molar-refractivity contribution is 5.57. The summed E-state index contributed by atoms with van der Waals surface area (Å²) in [6.45, 7) is 0.593. The van der Waals surface area contributed by atoms with E-state index in [-0.39, 0.29) is 5.82 Å². The zero-order valence-corrected chi connectivity index (χ0v) is 12.6. The fourth-order valence-corrected chi connectivity index (χ4v) is 2.48. The molecule has 0 saturated carbocycles. The molecule has 0 spiro atoms. The minimum atomic E-state index is -0.245. The zero-order chi connectivity index (χ0) is 16.4. The minimum absolute atomic E-state index is 0.245. The summed E-state index contributed by atoms with van der Waals surface area (Å²) in [5, 5.41) is 4.03. The number of benzene rings is 1. The second kappa shape index (κ2) is 6.08. The highest BCUT2D eigenvalue weighted by Crippen LogP contribution is 2.23. The van der Waals surface area contributed by atoms with Crippen molar-refractivity contribution in [2.75, 3.05) is 0 Å². The summed E-state index contributed by atoms with van der Waals surface area (Å²) < 4.78 is 20.4. The van der Waals surface area contributed by atoms with Gasteiger partial charge >= 0.3 is 0 Å². The lowest BCUT2D eigenvalue weighted by molar-refractivity contribution is 0.429. The third kappa shape index (κ3) is 2.81. The van der Waals surface area contributed by atoms with Gasteiger partial charge in [0.1, 0.15) is 11.5 Å². The van der Waals surface area contributed by atoms with Crippen molar-refractivity contribution in [2.24, 2.45) is 0 Å². The van der Waals surface area contributed by atoms with Crippen LogP contribution in [0, 0.1) is 5.82 Å². The fraction of sp³-hybridized carbons (Fsp3) is 0.0556. The lowest BCUT2D eigenvalue weighted by Crippen LogP contribution is -2.00. The molecule has 0 unspecified atom stereocenters. The van der Waals surface area contributed by atoms with Gasteiger partial charge in [-0.05, 0) is 42.0 Å². The molecule has 4 rings (SSSR count). The van der Waals surface area contributed by atoms with Crippen LogP contribution in [0.3, 0.4) is 0 Å². The van der Waals surface area contributed by atoms with E-state index in [1.807, 2.05) is 35.0 Å². The van der Waals surface area contributed by atoms with Crippen LogP contribution < -0.4 is 0 Å². The Morgan fingerprint density at radius 2 is 1.79 bits per heavy atom. The largest absolute Gasteiger partial charge is 0.339 e. The highest BCUT2D eigenvalue weighted by Gasteiger charge is 2.14. The van der Waals surface area contributed by atoms with Gasteiger partial charge in [-0.15, -0.1) is 0 Å². The number of pyridine rings is 1. The van der Waals surface area contributed by atoms with Gasteiger partial charge in [0.25, 0.3) is 5.89 Å². The summed E-state index contributed by atoms with van der Waals surface area (Å²) in [7, 11) is 0. The van der Waals surface area contributed by atoms with Crippen LogP contribution in [0.15, 0.2) is 71.6 Å². The zero-order valence-electron chi connectivity index (χ0n) is 12.6. The molecule has 0 bridgehead atoms. The molecule has 24 heavy (non-hydrogen) atoms. The molecule has 0 aliphatic heterocycles. The molecular weight excluding hydrogens is 307 g/mol. The molecule has 0 saturated heterocycles. The van der Waals surface area contributed by atoms with Gasteiger partial charge < -0.3 is 9.09 Å². The first-order chi connectivity index (χ1) is 11.8. The van der Waals surface area contributed by atoms with E-state index < -0.39 is 0 Å². The van der Waals surface area contributed by atoms with Gasteiger partial charge in [0, 0.05) is 30.7 Å². The van der Waals surface area contributed by atoms with Gasteiger partial charge in [-0.2, -0.15) is 4.98 Å². The number of nitrogens with zero attached hydrogens (tertiary/aromatic N) is 4. The molecule has 5 nitrogen and oxygen atoms in total. The topological polar surface area (TPSA) is 56.7 Å². The van der Waals surface area contributed by atoms with Gasteiger partial charge in [-0.25, -0.2) is 4.39 Å². The van der Waals surface area contributed by atoms with Gasteiger partial charge in [-0.1, -0.05) is 17.3 Å². The van der Waals surface area contributed by atoms with Crippen LogP contribution in [-0.2, 0) is 6.54 Å². The Bertz CT molecular complexity index is 945. The van der Waals surface area contributed by atoms with E-state index in [1.165, 1.54) is 12.1 Å². The second-order valence-corrected chi connectivity index (χ2v) is 5.31. The monoisotopic (exact) mass is 320 g/mol. The van der Waals surface area contributed by atoms with Crippen LogP contribution in [0.5, 0.6) is 0 Å². The van der Waals surface area contributed by atoms with Crippen LogP contribution >= 0.6 is 0 Å². The van der Waals surface area contributed by atoms with Crippen molar-refractivity contribution in [3.63, 3.8) is 0 Å². The standard InChI is InChI=1S/C18H13FN4O/c19-15-5-3-13(4-6-15)12-23-11-1-2-16(23)18-21-17(22-24-18)14-7-9-20-10-8-14/h1-11H,12H2. The van der Waals surface area contributed by atoms with E-state index in [0.29, 0.717) is 18.3 Å². The van der Waals surface area contributed by atoms with Crippen molar-refractivity contribution in [1.29, 1.82) is 0 Å². The van der Waals surface area contributed by atoms with E-state index in [1.54, 1.807) is 24.5 Å². The van der Waals surface area contributed by atoms with Crippen molar-refractivity contribution >= 4 is 0 Å². The molecule has 0 atom stereocenters. The molecular formula is C18H13FN4O. The van der Waals surface area contributed by atoms with Crippen molar-refractivity contribution in [3.05, 3.63) is 78.5 Å². The first-order valence-electron chi connectivity index (χ1n) is 7.44. The smallest absolute Gasteiger partial charge is 0.274 e. The summed E-state index contributed by atoms with van der Waals surface area (Å²) in [5.41, 5.74) is 2.64. The number of rotatable bonds is 4. The molecule has 0 fully saturated rings. The number of hydrogen-bond acceptors (Lipinski definition) is 4. The van der Waals surface area contributed by atoms with Gasteiger partial charge in [-0.3, -0.25) is 4.98 Å². The normalized spacial score (nSPS) is 10.9. The van der Waals surface area contributed by atoms with E-state index in [2.05, 4.69) is 15.1 Å². The Hall–Kier alpha value is -3.28. The molecule has 3 aromatic heterocycles. The van der Waals surface area contributed by atoms with Gasteiger partial charge in [0.15, 0.2) is 0 Å². The predicted octanol–water partition coefficient (Wildman–Crippen LogP) is 3.79. The summed E-state index contributed by atoms with van der Waals surface area (Å²) >= 11 is 0. The molecule has 0 radical (unpaired) electrons. The van der Waals surface area contributed by atoms with E-state index >= 15 is 0 Å². The first-order valence-corrected chi connectivity index (χ1v) is 7.44. The van der Waals surface area contributed by atoms with Gasteiger partial charge in [0.2, 0.25) is 5.82 Å². The Kier molecular flexibility index (Phi) is 3.63. The Labute approximate surface area is 137 Å². The second-order valence-electron chi connectivity index (χ2n) is 5.31. The van der Waals surface area contributed by atoms with Crippen LogP contribution in [-0.4, -0.2) is 19.7 Å². The Balaban J connectivity index is 1.63. The number of halogens is 1. The maximum absolute atomic E-state index is 13.0. The fourth-order valence-electron chi connectivity index (χ4n) is 2.48. The lowest BCUT2D eigenvalue weighted by Gasteiger charge is -2.06. The van der Waals surface area contributed by atoms with E-state index in [0.717, 1.165) is 16.8 Å². The summed E-state index contributed by atoms with van der Waals surface area (Å²) in [5.74, 6) is 0.709. The van der Waals surface area contributed by atoms with Crippen molar-refractivity contribution in [2.45, 2.75) is 6.54 Å². The average molecular weight is 320 g/mol. The molecule has 6 heteroatoms. The third-order valence-corrected chi connectivity index (χ3v) is 3.68. The van der Waals surface area contributed by atoms with E-state index in [4.69, 9.17) is 4.52 Å². The molecule has 3 heterocycles. The van der Waals surface area contributed by atoms with Crippen LogP contribution in [0.2, 0.25) is 0 Å². The van der Waals surface area contributed by atoms with Gasteiger partial charge in [0.05, 0.1) is 0 Å². The maximum atomic E-state index is 13.0. The Morgan fingerprint density at radius 1 is 1.00 bits per heavy atom. The highest BCUT2D eigenvalue weighted by atomic mass is 19.1. The molecule has 118 valence electrons. The first kappa shape index (κ1) is 14.3. The molecule has 0 aliphatic rings. The SMILES string of the molecule is Fc1ccc(Cn2cccc2-c2nc(-c3ccncc3)no2)cc1. The molecule has 1 aromatic carbocycles. The number of hydrogen-bond donors (Lipinski definition) is 0. The van der Waals surface area contributed by atoms with Crippen molar-refractivity contribution in [1.82, 2.24) is 19.7 Å². The minimum Gasteiger partial charge on any atom is -0.339 e. The van der Waals surface area contributed by atoms with Crippen molar-refractivity contribution in [3.8, 4) is 23.0 Å². The van der Waals surface area contributed by atoms with Crippen LogP contribution in [0.25, 0.3) is 23.0 Å². The van der Waals surface area contributed by atoms with Crippen LogP contribution in [0.1, 0.15) is 5.56 Å². The van der Waals surface area contributed by atoms with Crippen molar-refractivity contribution < 1.29 is 8.91 Å². The number of aromatic nitrogens is 4. The lowest BCUT2D eigenvalue weighted by atomic mass is 10.2. The molecule has 0 aliphatic carbocycles. The molecule has 0 amide bonds. The third-order valence-electron chi connectivity index (χ3n) is 3.68. The average Bonchev–Trinajstić information content (AvgIpc) is 3.27. The maximum Gasteiger partial charge on any atom is 0.274 e. The molecule has 0 N–H and O–H groups in total. The molecule has 4 aromatic rings. The quantitative estimate of drug-likeness (QED) is 0.574. The van der Waals surface area contributed by atoms with Crippen LogP contribution in [0.4, 0.5) is 4.39 Å². The summed E-state index contributed by atoms with van der Waals surface area (Å²) in [6.07, 6.45) is 5.29. The van der Waals surface area contributed by atoms with E-state index in [9.17, 15) is 4.39 Å².